The first-order chi connectivity index (χ1) is 11.1. The van der Waals surface area contributed by atoms with Crippen molar-refractivity contribution in [1.29, 1.82) is 0 Å². The zero-order valence-corrected chi connectivity index (χ0v) is 13.6. The largest absolute Gasteiger partial charge is 0.586 e. The van der Waals surface area contributed by atoms with Gasteiger partial charge in [-0.3, -0.25) is 9.69 Å². The number of amides is 1. The summed E-state index contributed by atoms with van der Waals surface area (Å²) in [5.74, 6) is -0.362. The lowest BCUT2D eigenvalue weighted by atomic mass is 9.80. The average molecular weight is 341 g/mol. The second kappa shape index (κ2) is 5.86. The molecular weight excluding hydrogens is 320 g/mol. The Balaban J connectivity index is 1.58. The van der Waals surface area contributed by atoms with Crippen molar-refractivity contribution >= 4 is 11.6 Å². The molecule has 0 radical (unpaired) electrons. The number of nitrogens with two attached hydrogens (primary N) is 1. The average Bonchev–Trinajstić information content (AvgIpc) is 2.75. The zero-order chi connectivity index (χ0) is 17.5. The van der Waals surface area contributed by atoms with E-state index in [9.17, 15) is 13.6 Å². The van der Waals surface area contributed by atoms with Crippen LogP contribution >= 0.6 is 0 Å². The Morgan fingerprint density at radius 1 is 1.38 bits per heavy atom. The normalized spacial score (nSPS) is 24.6. The van der Waals surface area contributed by atoms with Gasteiger partial charge < -0.3 is 20.5 Å². The number of carbonyl (C=O) groups excluding carboxylic acids is 1. The first kappa shape index (κ1) is 16.9. The van der Waals surface area contributed by atoms with Gasteiger partial charge in [-0.15, -0.1) is 8.78 Å². The minimum absolute atomic E-state index is 0.0511. The number of alkyl halides is 2. The van der Waals surface area contributed by atoms with Crippen LogP contribution in [0.25, 0.3) is 0 Å². The van der Waals surface area contributed by atoms with Gasteiger partial charge in [0.05, 0.1) is 6.54 Å². The molecule has 1 atom stereocenters. The van der Waals surface area contributed by atoms with E-state index in [1.165, 1.54) is 18.2 Å². The van der Waals surface area contributed by atoms with Gasteiger partial charge in [0.15, 0.2) is 11.5 Å². The number of hydrogen-bond acceptors (Lipinski definition) is 5. The summed E-state index contributed by atoms with van der Waals surface area (Å²) in [4.78, 5) is 14.2. The van der Waals surface area contributed by atoms with E-state index in [0.717, 1.165) is 19.5 Å². The van der Waals surface area contributed by atoms with Crippen molar-refractivity contribution in [2.75, 3.05) is 25.0 Å². The van der Waals surface area contributed by atoms with Crippen LogP contribution in [-0.4, -0.2) is 42.8 Å². The van der Waals surface area contributed by atoms with E-state index in [1.54, 1.807) is 0 Å². The quantitative estimate of drug-likeness (QED) is 0.879. The molecule has 132 valence electrons. The molecule has 6 nitrogen and oxygen atoms in total. The lowest BCUT2D eigenvalue weighted by molar-refractivity contribution is -0.286. The van der Waals surface area contributed by atoms with Crippen molar-refractivity contribution in [3.63, 3.8) is 0 Å². The Hall–Kier alpha value is -1.93. The molecule has 1 saturated heterocycles. The van der Waals surface area contributed by atoms with Crippen LogP contribution in [0, 0.1) is 5.41 Å². The lowest BCUT2D eigenvalue weighted by Gasteiger charge is -2.42. The van der Waals surface area contributed by atoms with Gasteiger partial charge in [-0.05, 0) is 24.0 Å². The number of nitrogens with one attached hydrogen (secondary N) is 1. The first-order valence-corrected chi connectivity index (χ1v) is 7.82. The van der Waals surface area contributed by atoms with Crippen LogP contribution in [0.3, 0.4) is 0 Å². The van der Waals surface area contributed by atoms with Gasteiger partial charge in [-0.1, -0.05) is 13.8 Å². The zero-order valence-electron chi connectivity index (χ0n) is 13.6. The summed E-state index contributed by atoms with van der Waals surface area (Å²) >= 11 is 0. The third-order valence-electron chi connectivity index (χ3n) is 4.44. The van der Waals surface area contributed by atoms with Crippen molar-refractivity contribution in [3.8, 4) is 11.5 Å². The van der Waals surface area contributed by atoms with Gasteiger partial charge in [0, 0.05) is 30.9 Å². The summed E-state index contributed by atoms with van der Waals surface area (Å²) in [7, 11) is 0. The van der Waals surface area contributed by atoms with Gasteiger partial charge in [-0.25, -0.2) is 0 Å². The Kier molecular flexibility index (Phi) is 4.13. The Morgan fingerprint density at radius 2 is 2.08 bits per heavy atom. The number of benzene rings is 1. The highest BCUT2D eigenvalue weighted by molar-refractivity contribution is 5.92. The highest BCUT2D eigenvalue weighted by Gasteiger charge is 2.43. The van der Waals surface area contributed by atoms with E-state index in [1.807, 2.05) is 4.90 Å². The summed E-state index contributed by atoms with van der Waals surface area (Å²) in [5, 5.41) is 2.69. The maximum Gasteiger partial charge on any atom is 0.586 e. The first-order valence-electron chi connectivity index (χ1n) is 7.82. The molecule has 1 fully saturated rings. The third-order valence-corrected chi connectivity index (χ3v) is 4.44. The van der Waals surface area contributed by atoms with Crippen LogP contribution in [0.5, 0.6) is 11.5 Å². The molecule has 1 unspecified atom stereocenters. The molecule has 2 aliphatic heterocycles. The summed E-state index contributed by atoms with van der Waals surface area (Å²) in [5.41, 5.74) is 6.42. The van der Waals surface area contributed by atoms with Crippen LogP contribution in [0.1, 0.15) is 20.3 Å². The van der Waals surface area contributed by atoms with Crippen molar-refractivity contribution in [2.45, 2.75) is 32.6 Å². The molecule has 0 bridgehead atoms. The molecule has 0 spiro atoms. The predicted molar refractivity (Wildman–Crippen MR) is 84.1 cm³/mol. The fourth-order valence-corrected chi connectivity index (χ4v) is 3.05. The minimum Gasteiger partial charge on any atom is -0.395 e. The van der Waals surface area contributed by atoms with Crippen LogP contribution in [0.15, 0.2) is 18.2 Å². The fraction of sp³-hybridized carbons (Fsp3) is 0.562. The Labute approximate surface area is 138 Å². The molecule has 2 aliphatic rings. The van der Waals surface area contributed by atoms with E-state index in [-0.39, 0.29) is 35.4 Å². The molecule has 24 heavy (non-hydrogen) atoms. The third kappa shape index (κ3) is 3.59. The number of likely N-dealkylation sites (tertiary alicyclic amines) is 1. The van der Waals surface area contributed by atoms with Crippen LogP contribution in [0.2, 0.25) is 0 Å². The van der Waals surface area contributed by atoms with E-state index in [2.05, 4.69) is 28.6 Å². The van der Waals surface area contributed by atoms with Crippen LogP contribution in [-0.2, 0) is 4.79 Å². The second-order valence-corrected chi connectivity index (χ2v) is 6.97. The molecule has 0 saturated carbocycles. The highest BCUT2D eigenvalue weighted by atomic mass is 19.3. The van der Waals surface area contributed by atoms with E-state index < -0.39 is 6.29 Å². The molecule has 3 rings (SSSR count). The number of halogens is 2. The monoisotopic (exact) mass is 341 g/mol. The van der Waals surface area contributed by atoms with Gasteiger partial charge in [0.2, 0.25) is 5.91 Å². The fourth-order valence-electron chi connectivity index (χ4n) is 3.05. The molecule has 0 aliphatic carbocycles. The molecule has 3 N–H and O–H groups in total. The molecule has 1 amide bonds. The summed E-state index contributed by atoms with van der Waals surface area (Å²) in [6.45, 7) is 5.88. The molecule has 1 aromatic rings. The lowest BCUT2D eigenvalue weighted by Crippen LogP contribution is -2.53. The number of nitrogens with zero attached hydrogens (tertiary/aromatic N) is 1. The van der Waals surface area contributed by atoms with Crippen LogP contribution in [0.4, 0.5) is 14.5 Å². The number of anilines is 1. The minimum atomic E-state index is -3.66. The van der Waals surface area contributed by atoms with Crippen molar-refractivity contribution in [2.24, 2.45) is 11.1 Å². The number of ether oxygens (including phenoxy) is 2. The van der Waals surface area contributed by atoms with Crippen molar-refractivity contribution in [3.05, 3.63) is 18.2 Å². The summed E-state index contributed by atoms with van der Waals surface area (Å²) in [6.07, 6.45) is -2.83. The molecule has 8 heteroatoms. The summed E-state index contributed by atoms with van der Waals surface area (Å²) < 4.78 is 34.7. The van der Waals surface area contributed by atoms with Crippen molar-refractivity contribution < 1.29 is 23.0 Å². The Morgan fingerprint density at radius 3 is 2.79 bits per heavy atom. The second-order valence-electron chi connectivity index (χ2n) is 6.97. The summed E-state index contributed by atoms with van der Waals surface area (Å²) in [6, 6.07) is 4.28. The molecular formula is C16H21F2N3O3. The predicted octanol–water partition coefficient (Wildman–Crippen LogP) is 2.01. The Bertz CT molecular complexity index is 651. The van der Waals surface area contributed by atoms with Gasteiger partial charge in [-0.2, -0.15) is 0 Å². The smallest absolute Gasteiger partial charge is 0.395 e. The van der Waals surface area contributed by atoms with E-state index >= 15 is 0 Å². The van der Waals surface area contributed by atoms with Gasteiger partial charge in [0.25, 0.3) is 0 Å². The van der Waals surface area contributed by atoms with E-state index in [4.69, 9.17) is 5.73 Å². The topological polar surface area (TPSA) is 76.8 Å². The number of rotatable bonds is 3. The standard InChI is InChI=1S/C16H21F2N3O3/c1-15(2)9-21(6-5-13(15)19)8-14(22)20-10-3-4-11-12(7-10)24-16(17,18)23-11/h3-4,7,13H,5-6,8-9,19H2,1-2H3,(H,20,22). The number of piperidine rings is 1. The van der Waals surface area contributed by atoms with Crippen LogP contribution < -0.4 is 20.5 Å². The molecule has 1 aromatic carbocycles. The SMILES string of the molecule is CC1(C)CN(CC(=O)Nc2ccc3c(c2)OC(F)(F)O3)CCC1N. The van der Waals surface area contributed by atoms with Gasteiger partial charge in [0.1, 0.15) is 0 Å². The number of hydrogen-bond donors (Lipinski definition) is 2. The highest BCUT2D eigenvalue weighted by Crippen LogP contribution is 2.42. The number of fused-ring (bicyclic) bond motifs is 1. The maximum atomic E-state index is 13.0. The number of carbonyl (C=O) groups is 1. The van der Waals surface area contributed by atoms with Gasteiger partial charge >= 0.3 is 6.29 Å². The molecule has 0 aromatic heterocycles. The maximum absolute atomic E-state index is 13.0. The molecule has 2 heterocycles. The van der Waals surface area contributed by atoms with Crippen molar-refractivity contribution in [1.82, 2.24) is 4.90 Å². The van der Waals surface area contributed by atoms with E-state index in [0.29, 0.717) is 5.69 Å².